The molecule has 3 rings (SSSR count). The fourth-order valence-corrected chi connectivity index (χ4v) is 3.20. The zero-order valence-electron chi connectivity index (χ0n) is 10.5. The summed E-state index contributed by atoms with van der Waals surface area (Å²) in [5.41, 5.74) is 7.09. The predicted octanol–water partition coefficient (Wildman–Crippen LogP) is 2.26. The maximum Gasteiger partial charge on any atom is 0.228 e. The van der Waals surface area contributed by atoms with Crippen LogP contribution in [0, 0.1) is 17.8 Å². The van der Waals surface area contributed by atoms with Gasteiger partial charge in [-0.25, -0.2) is 0 Å². The van der Waals surface area contributed by atoms with E-state index in [0.717, 1.165) is 0 Å². The van der Waals surface area contributed by atoms with E-state index in [1.165, 1.54) is 19.3 Å². The molecule has 1 aromatic carbocycles. The van der Waals surface area contributed by atoms with Gasteiger partial charge in [-0.15, -0.1) is 0 Å². The van der Waals surface area contributed by atoms with E-state index in [0.29, 0.717) is 29.0 Å². The first-order valence-corrected chi connectivity index (χ1v) is 6.45. The largest absolute Gasteiger partial charge is 0.497 e. The maximum atomic E-state index is 12.1. The van der Waals surface area contributed by atoms with Crippen LogP contribution in [0.5, 0.6) is 5.75 Å². The molecule has 0 aromatic heterocycles. The van der Waals surface area contributed by atoms with E-state index in [2.05, 4.69) is 5.32 Å². The Morgan fingerprint density at radius 1 is 1.39 bits per heavy atom. The number of nitrogens with one attached hydrogen (secondary N) is 1. The van der Waals surface area contributed by atoms with Crippen molar-refractivity contribution in [3.63, 3.8) is 0 Å². The molecule has 1 aromatic rings. The molecule has 0 bridgehead atoms. The number of benzene rings is 1. The van der Waals surface area contributed by atoms with Crippen LogP contribution in [0.2, 0.25) is 0 Å². The Morgan fingerprint density at radius 3 is 2.78 bits per heavy atom. The molecule has 0 saturated heterocycles. The molecule has 3 N–H and O–H groups in total. The number of methoxy groups -OCH3 is 1. The third-order valence-corrected chi connectivity index (χ3v) is 4.23. The van der Waals surface area contributed by atoms with Gasteiger partial charge in [0.1, 0.15) is 5.75 Å². The quantitative estimate of drug-likeness (QED) is 0.804. The highest BCUT2D eigenvalue weighted by atomic mass is 16.5. The van der Waals surface area contributed by atoms with Gasteiger partial charge in [0.15, 0.2) is 0 Å². The third-order valence-electron chi connectivity index (χ3n) is 4.23. The summed E-state index contributed by atoms with van der Waals surface area (Å²) in [6.45, 7) is 0. The van der Waals surface area contributed by atoms with Gasteiger partial charge < -0.3 is 15.8 Å². The number of rotatable bonds is 3. The number of ether oxygens (including phenoxy) is 1. The summed E-state index contributed by atoms with van der Waals surface area (Å²) in [4.78, 5) is 12.1. The lowest BCUT2D eigenvalue weighted by Gasteiger charge is -2.10. The summed E-state index contributed by atoms with van der Waals surface area (Å²) in [5, 5.41) is 2.93. The lowest BCUT2D eigenvalue weighted by atomic mass is 10.1. The average molecular weight is 246 g/mol. The zero-order valence-corrected chi connectivity index (χ0v) is 10.5. The number of carbonyl (C=O) groups excluding carboxylic acids is 1. The standard InChI is InChI=1S/C14H18N2O2/c1-18-8-5-6-11(15)12(7-8)16-14(17)13-9-3-2-4-10(9)13/h5-7,9-10,13H,2-4,15H2,1H3,(H,16,17). The second-order valence-electron chi connectivity index (χ2n) is 5.23. The fourth-order valence-electron chi connectivity index (χ4n) is 3.20. The third kappa shape index (κ3) is 1.82. The van der Waals surface area contributed by atoms with Crippen molar-refractivity contribution in [3.05, 3.63) is 18.2 Å². The van der Waals surface area contributed by atoms with Crippen molar-refractivity contribution in [2.24, 2.45) is 17.8 Å². The molecule has 1 amide bonds. The molecule has 18 heavy (non-hydrogen) atoms. The van der Waals surface area contributed by atoms with Crippen LogP contribution in [-0.4, -0.2) is 13.0 Å². The van der Waals surface area contributed by atoms with Gasteiger partial charge in [0.05, 0.1) is 18.5 Å². The Bertz CT molecular complexity index is 477. The van der Waals surface area contributed by atoms with Gasteiger partial charge in [-0.2, -0.15) is 0 Å². The minimum Gasteiger partial charge on any atom is -0.497 e. The first kappa shape index (κ1) is 11.4. The number of amides is 1. The average Bonchev–Trinajstić information content (AvgIpc) is 2.86. The predicted molar refractivity (Wildman–Crippen MR) is 70.4 cm³/mol. The van der Waals surface area contributed by atoms with Gasteiger partial charge in [0.25, 0.3) is 0 Å². The first-order chi connectivity index (χ1) is 8.70. The van der Waals surface area contributed by atoms with E-state index in [-0.39, 0.29) is 11.8 Å². The summed E-state index contributed by atoms with van der Waals surface area (Å²) in [7, 11) is 1.60. The van der Waals surface area contributed by atoms with E-state index in [9.17, 15) is 4.79 Å². The molecule has 2 atom stereocenters. The van der Waals surface area contributed by atoms with Crippen LogP contribution in [0.1, 0.15) is 19.3 Å². The number of hydrogen-bond acceptors (Lipinski definition) is 3. The molecule has 2 unspecified atom stereocenters. The molecule has 4 heteroatoms. The van der Waals surface area contributed by atoms with Gasteiger partial charge in [-0.1, -0.05) is 6.42 Å². The number of fused-ring (bicyclic) bond motifs is 1. The second-order valence-corrected chi connectivity index (χ2v) is 5.23. The number of nitrogens with two attached hydrogens (primary N) is 1. The molecular weight excluding hydrogens is 228 g/mol. The van der Waals surface area contributed by atoms with Gasteiger partial charge in [-0.05, 0) is 36.8 Å². The highest BCUT2D eigenvalue weighted by Gasteiger charge is 2.56. The number of nitrogen functional groups attached to an aromatic ring is 1. The smallest absolute Gasteiger partial charge is 0.228 e. The molecule has 2 aliphatic carbocycles. The topological polar surface area (TPSA) is 64.3 Å². The first-order valence-electron chi connectivity index (χ1n) is 6.45. The van der Waals surface area contributed by atoms with Crippen molar-refractivity contribution < 1.29 is 9.53 Å². The van der Waals surface area contributed by atoms with Crippen LogP contribution in [0.15, 0.2) is 18.2 Å². The monoisotopic (exact) mass is 246 g/mol. The Hall–Kier alpha value is -1.71. The van der Waals surface area contributed by atoms with Crippen LogP contribution >= 0.6 is 0 Å². The van der Waals surface area contributed by atoms with Crippen LogP contribution in [0.3, 0.4) is 0 Å². The molecule has 96 valence electrons. The van der Waals surface area contributed by atoms with Crippen molar-refractivity contribution >= 4 is 17.3 Å². The Balaban J connectivity index is 1.71. The Labute approximate surface area is 107 Å². The lowest BCUT2D eigenvalue weighted by molar-refractivity contribution is -0.118. The van der Waals surface area contributed by atoms with Crippen molar-refractivity contribution in [2.45, 2.75) is 19.3 Å². The van der Waals surface area contributed by atoms with Gasteiger partial charge in [0.2, 0.25) is 5.91 Å². The Kier molecular flexibility index (Phi) is 2.65. The molecule has 2 saturated carbocycles. The van der Waals surface area contributed by atoms with Crippen molar-refractivity contribution in [1.82, 2.24) is 0 Å². The van der Waals surface area contributed by atoms with E-state index in [1.54, 1.807) is 25.3 Å². The molecular formula is C14H18N2O2. The second kappa shape index (κ2) is 4.19. The lowest BCUT2D eigenvalue weighted by Crippen LogP contribution is -2.17. The van der Waals surface area contributed by atoms with Crippen molar-refractivity contribution in [1.29, 1.82) is 0 Å². The van der Waals surface area contributed by atoms with E-state index >= 15 is 0 Å². The highest BCUT2D eigenvalue weighted by Crippen LogP contribution is 2.57. The van der Waals surface area contributed by atoms with Crippen LogP contribution < -0.4 is 15.8 Å². The summed E-state index contributed by atoms with van der Waals surface area (Å²) in [6, 6.07) is 5.31. The van der Waals surface area contributed by atoms with E-state index in [1.807, 2.05) is 0 Å². The van der Waals surface area contributed by atoms with Crippen molar-refractivity contribution in [3.8, 4) is 5.75 Å². The molecule has 0 aliphatic heterocycles. The normalized spacial score (nSPS) is 28.6. The van der Waals surface area contributed by atoms with Crippen LogP contribution in [0.4, 0.5) is 11.4 Å². The summed E-state index contributed by atoms with van der Waals surface area (Å²) >= 11 is 0. The van der Waals surface area contributed by atoms with Gasteiger partial charge in [0, 0.05) is 12.0 Å². The number of anilines is 2. The van der Waals surface area contributed by atoms with Crippen LogP contribution in [0.25, 0.3) is 0 Å². The molecule has 2 aliphatic rings. The maximum absolute atomic E-state index is 12.1. The Morgan fingerprint density at radius 2 is 2.11 bits per heavy atom. The summed E-state index contributed by atoms with van der Waals surface area (Å²) in [5.74, 6) is 2.28. The SMILES string of the molecule is COc1ccc(N)c(NC(=O)C2C3CCCC32)c1. The van der Waals surface area contributed by atoms with E-state index < -0.39 is 0 Å². The number of carbonyl (C=O) groups is 1. The van der Waals surface area contributed by atoms with Crippen LogP contribution in [-0.2, 0) is 4.79 Å². The minimum absolute atomic E-state index is 0.115. The molecule has 0 radical (unpaired) electrons. The molecule has 0 spiro atoms. The van der Waals surface area contributed by atoms with Crippen molar-refractivity contribution in [2.75, 3.05) is 18.2 Å². The molecule has 0 heterocycles. The number of hydrogen-bond donors (Lipinski definition) is 2. The van der Waals surface area contributed by atoms with Gasteiger partial charge in [-0.3, -0.25) is 4.79 Å². The fraction of sp³-hybridized carbons (Fsp3) is 0.500. The zero-order chi connectivity index (χ0) is 12.7. The van der Waals surface area contributed by atoms with E-state index in [4.69, 9.17) is 10.5 Å². The summed E-state index contributed by atoms with van der Waals surface area (Å²) in [6.07, 6.45) is 3.69. The summed E-state index contributed by atoms with van der Waals surface area (Å²) < 4.78 is 5.14. The molecule has 2 fully saturated rings. The minimum atomic E-state index is 0.115. The molecule has 4 nitrogen and oxygen atoms in total. The van der Waals surface area contributed by atoms with Gasteiger partial charge >= 0.3 is 0 Å². The highest BCUT2D eigenvalue weighted by molar-refractivity contribution is 5.97.